The summed E-state index contributed by atoms with van der Waals surface area (Å²) in [5, 5.41) is 8.16. The molecule has 0 saturated heterocycles. The number of hydrogen-bond acceptors (Lipinski definition) is 4. The van der Waals surface area contributed by atoms with Gasteiger partial charge in [0.2, 0.25) is 4.96 Å². The summed E-state index contributed by atoms with van der Waals surface area (Å²) in [6.45, 7) is 9.64. The molecule has 1 aliphatic heterocycles. The van der Waals surface area contributed by atoms with Crippen LogP contribution in [-0.4, -0.2) is 20.6 Å². The third-order valence-corrected chi connectivity index (χ3v) is 4.22. The van der Waals surface area contributed by atoms with E-state index < -0.39 is 0 Å². The molecule has 0 aromatic carbocycles. The lowest BCUT2D eigenvalue weighted by Crippen LogP contribution is -2.32. The molecule has 1 N–H and O–H groups in total. The first-order valence-electron chi connectivity index (χ1n) is 6.06. The van der Waals surface area contributed by atoms with Gasteiger partial charge in [-0.25, -0.2) is 9.50 Å². The highest BCUT2D eigenvalue weighted by Crippen LogP contribution is 2.28. The highest BCUT2D eigenvalue weighted by Gasteiger charge is 2.25. The van der Waals surface area contributed by atoms with Crippen LogP contribution >= 0.6 is 11.3 Å². The molecule has 0 saturated carbocycles. The monoisotopic (exact) mass is 250 g/mol. The molecule has 4 nitrogen and oxygen atoms in total. The number of fused-ring (bicyclic) bond motifs is 3. The molecule has 2 aromatic heterocycles. The van der Waals surface area contributed by atoms with Gasteiger partial charge in [-0.3, -0.25) is 0 Å². The minimum absolute atomic E-state index is 0.0250. The summed E-state index contributed by atoms with van der Waals surface area (Å²) in [5.41, 5.74) is 1.37. The van der Waals surface area contributed by atoms with Crippen LogP contribution in [0.25, 0.3) is 4.96 Å². The number of thiazole rings is 1. The average molecular weight is 250 g/mol. The second-order valence-corrected chi connectivity index (χ2v) is 6.90. The fourth-order valence-corrected chi connectivity index (χ4v) is 3.15. The van der Waals surface area contributed by atoms with E-state index in [1.54, 1.807) is 11.3 Å². The molecule has 3 rings (SSSR count). The van der Waals surface area contributed by atoms with E-state index in [0.717, 1.165) is 23.8 Å². The zero-order valence-electron chi connectivity index (χ0n) is 10.7. The first kappa shape index (κ1) is 11.2. The van der Waals surface area contributed by atoms with Crippen LogP contribution in [0.3, 0.4) is 0 Å². The quantitative estimate of drug-likeness (QED) is 0.779. The van der Waals surface area contributed by atoms with Gasteiger partial charge in [-0.15, -0.1) is 5.10 Å². The first-order valence-corrected chi connectivity index (χ1v) is 6.88. The normalized spacial score (nSPS) is 20.8. The van der Waals surface area contributed by atoms with Gasteiger partial charge in [0.05, 0.1) is 5.69 Å². The van der Waals surface area contributed by atoms with Crippen molar-refractivity contribution < 1.29 is 0 Å². The zero-order chi connectivity index (χ0) is 12.2. The lowest BCUT2D eigenvalue weighted by Gasteiger charge is -2.19. The summed E-state index contributed by atoms with van der Waals surface area (Å²) < 4.78 is 2.05. The van der Waals surface area contributed by atoms with Crippen molar-refractivity contribution in [2.24, 2.45) is 0 Å². The van der Waals surface area contributed by atoms with Crippen LogP contribution in [0.4, 0.5) is 0 Å². The van der Waals surface area contributed by atoms with E-state index in [1.165, 1.54) is 10.6 Å². The lowest BCUT2D eigenvalue weighted by atomic mass is 9.96. The number of nitrogens with one attached hydrogen (secondary N) is 1. The minimum Gasteiger partial charge on any atom is -0.309 e. The van der Waals surface area contributed by atoms with Crippen molar-refractivity contribution in [3.63, 3.8) is 0 Å². The van der Waals surface area contributed by atoms with Crippen molar-refractivity contribution in [3.05, 3.63) is 16.4 Å². The summed E-state index contributed by atoms with van der Waals surface area (Å²) >= 11 is 1.77. The molecule has 92 valence electrons. The molecular weight excluding hydrogens is 232 g/mol. The smallest absolute Gasteiger partial charge is 0.212 e. The second kappa shape index (κ2) is 3.53. The topological polar surface area (TPSA) is 42.2 Å². The summed E-state index contributed by atoms with van der Waals surface area (Å²) in [6.07, 6.45) is 1.04. The van der Waals surface area contributed by atoms with Crippen LogP contribution in [-0.2, 0) is 18.4 Å². The van der Waals surface area contributed by atoms with Crippen LogP contribution in [0, 0.1) is 0 Å². The zero-order valence-corrected chi connectivity index (χ0v) is 11.6. The van der Waals surface area contributed by atoms with Crippen molar-refractivity contribution in [1.29, 1.82) is 0 Å². The van der Waals surface area contributed by atoms with Crippen molar-refractivity contribution in [1.82, 2.24) is 19.9 Å². The fraction of sp³-hybridized carbons (Fsp3) is 0.667. The Hall–Kier alpha value is -0.940. The largest absolute Gasteiger partial charge is 0.309 e. The molecule has 0 fully saturated rings. The average Bonchev–Trinajstić information content (AvgIpc) is 2.74. The first-order chi connectivity index (χ1) is 7.95. The molecule has 1 aliphatic rings. The van der Waals surface area contributed by atoms with Gasteiger partial charge in [0.15, 0.2) is 5.82 Å². The molecule has 0 spiro atoms. The van der Waals surface area contributed by atoms with Crippen LogP contribution in [0.1, 0.15) is 44.1 Å². The number of hydrogen-bond donors (Lipinski definition) is 1. The highest BCUT2D eigenvalue weighted by atomic mass is 32.1. The Bertz CT molecular complexity index is 561. The van der Waals surface area contributed by atoms with Gasteiger partial charge >= 0.3 is 0 Å². The number of aromatic nitrogens is 3. The van der Waals surface area contributed by atoms with E-state index in [0.29, 0.717) is 6.04 Å². The number of nitrogens with zero attached hydrogens (tertiary/aromatic N) is 3. The molecule has 0 bridgehead atoms. The standard InChI is InChI=1S/C12H18N4S/c1-7-5-8-9(6-13-7)17-11-14-10(12(2,3)4)15-16(8)11/h7,13H,5-6H2,1-4H3. The van der Waals surface area contributed by atoms with Crippen LogP contribution in [0.2, 0.25) is 0 Å². The Balaban J connectivity index is 2.13. The Morgan fingerprint density at radius 2 is 2.18 bits per heavy atom. The highest BCUT2D eigenvalue weighted by molar-refractivity contribution is 7.17. The SMILES string of the molecule is CC1Cc2c(sc3nc(C(C)(C)C)nn23)CN1. The van der Waals surface area contributed by atoms with Gasteiger partial charge in [-0.05, 0) is 6.92 Å². The molecule has 0 radical (unpaired) electrons. The molecule has 1 atom stereocenters. The van der Waals surface area contributed by atoms with Crippen molar-refractivity contribution >= 4 is 16.3 Å². The van der Waals surface area contributed by atoms with Crippen LogP contribution < -0.4 is 5.32 Å². The lowest BCUT2D eigenvalue weighted by molar-refractivity contribution is 0.500. The Morgan fingerprint density at radius 3 is 2.88 bits per heavy atom. The Labute approximate surface area is 105 Å². The summed E-state index contributed by atoms with van der Waals surface area (Å²) in [5.74, 6) is 0.942. The van der Waals surface area contributed by atoms with E-state index in [-0.39, 0.29) is 5.41 Å². The van der Waals surface area contributed by atoms with Gasteiger partial charge in [-0.1, -0.05) is 32.1 Å². The summed E-state index contributed by atoms with van der Waals surface area (Å²) in [4.78, 5) is 7.08. The third kappa shape index (κ3) is 1.77. The minimum atomic E-state index is 0.0250. The van der Waals surface area contributed by atoms with E-state index in [2.05, 4.69) is 47.6 Å². The van der Waals surface area contributed by atoms with Crippen molar-refractivity contribution in [2.45, 2.75) is 52.1 Å². The molecule has 3 heterocycles. The van der Waals surface area contributed by atoms with Gasteiger partial charge in [-0.2, -0.15) is 0 Å². The van der Waals surface area contributed by atoms with E-state index in [9.17, 15) is 0 Å². The molecule has 2 aromatic rings. The van der Waals surface area contributed by atoms with Crippen molar-refractivity contribution in [3.8, 4) is 0 Å². The van der Waals surface area contributed by atoms with E-state index in [4.69, 9.17) is 0 Å². The summed E-state index contributed by atoms with van der Waals surface area (Å²) in [7, 11) is 0. The maximum absolute atomic E-state index is 4.68. The van der Waals surface area contributed by atoms with Gasteiger partial charge in [0.1, 0.15) is 0 Å². The Morgan fingerprint density at radius 1 is 1.41 bits per heavy atom. The predicted molar refractivity (Wildman–Crippen MR) is 69.6 cm³/mol. The van der Waals surface area contributed by atoms with E-state index >= 15 is 0 Å². The van der Waals surface area contributed by atoms with Gasteiger partial charge < -0.3 is 5.32 Å². The molecule has 17 heavy (non-hydrogen) atoms. The molecule has 1 unspecified atom stereocenters. The molecule has 0 amide bonds. The maximum Gasteiger partial charge on any atom is 0.212 e. The molecule has 0 aliphatic carbocycles. The third-order valence-electron chi connectivity index (χ3n) is 3.15. The Kier molecular flexibility index (Phi) is 2.32. The summed E-state index contributed by atoms with van der Waals surface area (Å²) in [6, 6.07) is 0.530. The van der Waals surface area contributed by atoms with Gasteiger partial charge in [0, 0.05) is 29.3 Å². The molecular formula is C12H18N4S. The van der Waals surface area contributed by atoms with Crippen LogP contribution in [0.15, 0.2) is 0 Å². The molecule has 5 heteroatoms. The number of rotatable bonds is 0. The van der Waals surface area contributed by atoms with E-state index in [1.807, 2.05) is 0 Å². The van der Waals surface area contributed by atoms with Gasteiger partial charge in [0.25, 0.3) is 0 Å². The van der Waals surface area contributed by atoms with Crippen molar-refractivity contribution in [2.75, 3.05) is 0 Å². The van der Waals surface area contributed by atoms with Crippen LogP contribution in [0.5, 0.6) is 0 Å². The fourth-order valence-electron chi connectivity index (χ4n) is 2.11. The second-order valence-electron chi connectivity index (χ2n) is 5.84. The predicted octanol–water partition coefficient (Wildman–Crippen LogP) is 2.12. The maximum atomic E-state index is 4.68.